The summed E-state index contributed by atoms with van der Waals surface area (Å²) in [6.45, 7) is 8.45. The molecule has 0 atom stereocenters. The summed E-state index contributed by atoms with van der Waals surface area (Å²) in [6, 6.07) is 5.87. The molecule has 1 aromatic heterocycles. The quantitative estimate of drug-likeness (QED) is 0.713. The molecule has 2 rings (SSSR count). The van der Waals surface area contributed by atoms with Gasteiger partial charge in [-0.3, -0.25) is 4.79 Å². The zero-order valence-corrected chi connectivity index (χ0v) is 11.7. The number of fused-ring (bicyclic) bond motifs is 1. The Labute approximate surface area is 108 Å². The number of benzene rings is 1. The van der Waals surface area contributed by atoms with Gasteiger partial charge in [0.1, 0.15) is 0 Å². The molecule has 94 valence electrons. The van der Waals surface area contributed by atoms with E-state index in [1.165, 1.54) is 0 Å². The second kappa shape index (κ2) is 4.27. The van der Waals surface area contributed by atoms with E-state index in [4.69, 9.17) is 0 Å². The van der Waals surface area contributed by atoms with Gasteiger partial charge in [0, 0.05) is 0 Å². The number of nitrogens with zero attached hydrogens (tertiary/aromatic N) is 2. The summed E-state index contributed by atoms with van der Waals surface area (Å²) in [5, 5.41) is 0.713. The van der Waals surface area contributed by atoms with Gasteiger partial charge in [0.25, 0.3) is 0 Å². The Bertz CT molecular complexity index is 653. The zero-order chi connectivity index (χ0) is 13.5. The molecule has 18 heavy (non-hydrogen) atoms. The number of para-hydroxylation sites is 1. The Morgan fingerprint density at radius 2 is 2.00 bits per heavy atom. The van der Waals surface area contributed by atoms with Crippen molar-refractivity contribution in [2.75, 3.05) is 0 Å². The van der Waals surface area contributed by atoms with Gasteiger partial charge >= 0.3 is 0 Å². The first kappa shape index (κ1) is 12.9. The minimum Gasteiger partial charge on any atom is -0.350 e. The average molecular weight is 242 g/mol. The summed E-state index contributed by atoms with van der Waals surface area (Å²) < 4.78 is 1.60. The normalized spacial score (nSPS) is 12.0. The lowest BCUT2D eigenvalue weighted by Gasteiger charge is -2.19. The maximum Gasteiger partial charge on any atom is 0.248 e. The smallest absolute Gasteiger partial charge is 0.248 e. The van der Waals surface area contributed by atoms with Crippen molar-refractivity contribution in [1.82, 2.24) is 9.46 Å². The molecule has 0 fully saturated rings. The average Bonchev–Trinajstić information content (AvgIpc) is 2.25. The second-order valence-corrected chi connectivity index (χ2v) is 6.07. The summed E-state index contributed by atoms with van der Waals surface area (Å²) in [5.74, 6) is 0.758. The van der Waals surface area contributed by atoms with E-state index >= 15 is 0 Å². The maximum absolute atomic E-state index is 12.2. The van der Waals surface area contributed by atoms with E-state index in [0.29, 0.717) is 5.39 Å². The number of hydrogen-bond donors (Lipinski definition) is 0. The molecule has 1 aromatic carbocycles. The Morgan fingerprint density at radius 1 is 1.33 bits per heavy atom. The Hall–Kier alpha value is -1.58. The summed E-state index contributed by atoms with van der Waals surface area (Å²) in [6.07, 6.45) is 0.921. The van der Waals surface area contributed by atoms with E-state index in [1.54, 1.807) is 12.5 Å². The first-order chi connectivity index (χ1) is 8.29. The molecule has 0 saturated heterocycles. The zero-order valence-electron chi connectivity index (χ0n) is 11.7. The van der Waals surface area contributed by atoms with Crippen molar-refractivity contribution >= 4 is 18.9 Å². The van der Waals surface area contributed by atoms with Gasteiger partial charge in [-0.2, -0.15) is 0 Å². The highest BCUT2D eigenvalue weighted by molar-refractivity contribution is 6.07. The molecular formula is C14H19BN2O. The Kier molecular flexibility index (Phi) is 3.05. The topological polar surface area (TPSA) is 34.9 Å². The molecule has 0 unspecified atom stereocenters. The number of rotatable bonds is 1. The van der Waals surface area contributed by atoms with Crippen LogP contribution in [-0.4, -0.2) is 17.4 Å². The fourth-order valence-corrected chi connectivity index (χ4v) is 2.17. The van der Waals surface area contributed by atoms with Crippen LogP contribution in [0.3, 0.4) is 0 Å². The van der Waals surface area contributed by atoms with Crippen molar-refractivity contribution in [1.29, 1.82) is 0 Å². The molecule has 0 saturated carbocycles. The van der Waals surface area contributed by atoms with Gasteiger partial charge < -0.3 is 4.48 Å². The van der Waals surface area contributed by atoms with Crippen LogP contribution in [0.4, 0.5) is 0 Å². The standard InChI is InChI=1S/C14H19BN2O/c1-9-16-12-10(8-14(2,3)4)6-5-7-11(12)13(18)17(9)15/h5-7H,8,15H2,1-4H3. The van der Waals surface area contributed by atoms with E-state index in [0.717, 1.165) is 23.3 Å². The highest BCUT2D eigenvalue weighted by Gasteiger charge is 2.15. The first-order valence-electron chi connectivity index (χ1n) is 6.25. The summed E-state index contributed by atoms with van der Waals surface area (Å²) in [4.78, 5) is 16.8. The van der Waals surface area contributed by atoms with Crippen molar-refractivity contribution in [3.63, 3.8) is 0 Å². The SMILES string of the molecule is Bn1c(C)nc2c(CC(C)(C)C)cccc2c1=O. The second-order valence-electron chi connectivity index (χ2n) is 6.07. The van der Waals surface area contributed by atoms with Gasteiger partial charge in [-0.15, -0.1) is 0 Å². The molecule has 4 heteroatoms. The maximum atomic E-state index is 12.2. The van der Waals surface area contributed by atoms with E-state index in [1.807, 2.05) is 19.1 Å². The fraction of sp³-hybridized carbons (Fsp3) is 0.429. The van der Waals surface area contributed by atoms with Crippen molar-refractivity contribution in [3.8, 4) is 0 Å². The van der Waals surface area contributed by atoms with Crippen LogP contribution in [0.1, 0.15) is 32.2 Å². The monoisotopic (exact) mass is 242 g/mol. The van der Waals surface area contributed by atoms with Gasteiger partial charge in [-0.25, -0.2) is 4.98 Å². The predicted octanol–water partition coefficient (Wildman–Crippen LogP) is 1.69. The van der Waals surface area contributed by atoms with Crippen LogP contribution in [0.2, 0.25) is 0 Å². The highest BCUT2D eigenvalue weighted by atomic mass is 16.1. The third-order valence-corrected chi connectivity index (χ3v) is 3.13. The fourth-order valence-electron chi connectivity index (χ4n) is 2.17. The molecule has 3 nitrogen and oxygen atoms in total. The Balaban J connectivity index is 2.74. The lowest BCUT2D eigenvalue weighted by atomic mass is 9.87. The molecule has 0 aliphatic rings. The van der Waals surface area contributed by atoms with Crippen molar-refractivity contribution < 1.29 is 0 Å². The van der Waals surface area contributed by atoms with Crippen molar-refractivity contribution in [3.05, 3.63) is 39.9 Å². The molecule has 0 bridgehead atoms. The number of aryl methyl sites for hydroxylation is 1. The van der Waals surface area contributed by atoms with E-state index in [-0.39, 0.29) is 11.0 Å². The summed E-state index contributed by atoms with van der Waals surface area (Å²) in [5.41, 5.74) is 2.23. The molecule has 0 N–H and O–H groups in total. The molecule has 0 aliphatic carbocycles. The first-order valence-corrected chi connectivity index (χ1v) is 6.25. The molecule has 1 heterocycles. The minimum atomic E-state index is 0.0354. The number of hydrogen-bond acceptors (Lipinski definition) is 2. The highest BCUT2D eigenvalue weighted by Crippen LogP contribution is 2.24. The molecule has 0 radical (unpaired) electrons. The lowest BCUT2D eigenvalue weighted by molar-refractivity contribution is 0.412. The largest absolute Gasteiger partial charge is 0.350 e. The van der Waals surface area contributed by atoms with E-state index in [9.17, 15) is 4.79 Å². The van der Waals surface area contributed by atoms with Crippen LogP contribution in [0.25, 0.3) is 10.9 Å². The van der Waals surface area contributed by atoms with Crippen LogP contribution in [0.5, 0.6) is 0 Å². The minimum absolute atomic E-state index is 0.0354. The van der Waals surface area contributed by atoms with Gasteiger partial charge in [0.2, 0.25) is 13.5 Å². The third-order valence-electron chi connectivity index (χ3n) is 3.13. The summed E-state index contributed by atoms with van der Waals surface area (Å²) >= 11 is 0. The molecule has 0 amide bonds. The van der Waals surface area contributed by atoms with Gasteiger partial charge in [0.15, 0.2) is 0 Å². The number of aromatic nitrogens is 2. The van der Waals surface area contributed by atoms with Gasteiger partial charge in [-0.1, -0.05) is 32.9 Å². The van der Waals surface area contributed by atoms with Crippen molar-refractivity contribution in [2.45, 2.75) is 34.1 Å². The van der Waals surface area contributed by atoms with Crippen LogP contribution in [-0.2, 0) is 6.42 Å². The Morgan fingerprint density at radius 3 is 2.61 bits per heavy atom. The van der Waals surface area contributed by atoms with E-state index in [2.05, 4.69) is 31.8 Å². The van der Waals surface area contributed by atoms with Crippen LogP contribution in [0, 0.1) is 12.3 Å². The van der Waals surface area contributed by atoms with Crippen LogP contribution >= 0.6 is 0 Å². The summed E-state index contributed by atoms with van der Waals surface area (Å²) in [7, 11) is 1.76. The van der Waals surface area contributed by atoms with E-state index < -0.39 is 0 Å². The molecule has 0 spiro atoms. The molecule has 0 aliphatic heterocycles. The van der Waals surface area contributed by atoms with Gasteiger partial charge in [-0.05, 0) is 30.4 Å². The predicted molar refractivity (Wildman–Crippen MR) is 77.8 cm³/mol. The third kappa shape index (κ3) is 2.33. The van der Waals surface area contributed by atoms with Crippen LogP contribution in [0.15, 0.2) is 23.0 Å². The van der Waals surface area contributed by atoms with Gasteiger partial charge in [0.05, 0.1) is 16.7 Å². The van der Waals surface area contributed by atoms with Crippen LogP contribution < -0.4 is 5.56 Å². The molecular weight excluding hydrogens is 223 g/mol. The van der Waals surface area contributed by atoms with Crippen molar-refractivity contribution in [2.24, 2.45) is 5.41 Å². The molecule has 2 aromatic rings. The lowest BCUT2D eigenvalue weighted by Crippen LogP contribution is -2.23.